The van der Waals surface area contributed by atoms with Gasteiger partial charge in [0.25, 0.3) is 0 Å². The minimum atomic E-state index is -0.287. The van der Waals surface area contributed by atoms with Crippen LogP contribution in [0.25, 0.3) is 0 Å². The van der Waals surface area contributed by atoms with E-state index in [0.29, 0.717) is 22.6 Å². The molecule has 0 radical (unpaired) electrons. The molecular weight excluding hydrogens is 243 g/mol. The van der Waals surface area contributed by atoms with E-state index in [9.17, 15) is 4.39 Å². The number of nitrogens with one attached hydrogen (secondary N) is 1. The maximum Gasteiger partial charge on any atom is 0.167 e. The van der Waals surface area contributed by atoms with Crippen molar-refractivity contribution >= 4 is 5.82 Å². The molecule has 0 saturated carbocycles. The van der Waals surface area contributed by atoms with Gasteiger partial charge < -0.3 is 5.32 Å². The molecule has 0 aliphatic rings. The van der Waals surface area contributed by atoms with E-state index in [4.69, 9.17) is 5.26 Å². The van der Waals surface area contributed by atoms with E-state index in [0.717, 1.165) is 5.56 Å². The van der Waals surface area contributed by atoms with Crippen molar-refractivity contribution in [2.45, 2.75) is 20.4 Å². The lowest BCUT2D eigenvalue weighted by molar-refractivity contribution is 0.612. The number of nitriles is 1. The van der Waals surface area contributed by atoms with Crippen LogP contribution in [-0.4, -0.2) is 10.2 Å². The highest BCUT2D eigenvalue weighted by molar-refractivity contribution is 5.55. The quantitative estimate of drug-likeness (QED) is 0.917. The number of benzene rings is 1. The Bertz CT molecular complexity index is 646. The molecule has 0 amide bonds. The second kappa shape index (κ2) is 5.44. The Kier molecular flexibility index (Phi) is 3.71. The highest BCUT2D eigenvalue weighted by Crippen LogP contribution is 2.18. The topological polar surface area (TPSA) is 61.6 Å². The fraction of sp³-hybridized carbons (Fsp3) is 0.214. The number of aromatic nitrogens is 2. The van der Waals surface area contributed by atoms with Crippen molar-refractivity contribution in [2.75, 3.05) is 5.32 Å². The van der Waals surface area contributed by atoms with Crippen molar-refractivity contribution in [3.05, 3.63) is 52.5 Å². The molecule has 0 bridgehead atoms. The number of nitrogens with zero attached hydrogens (tertiary/aromatic N) is 3. The molecule has 0 aliphatic carbocycles. The van der Waals surface area contributed by atoms with E-state index in [1.54, 1.807) is 25.1 Å². The Morgan fingerprint density at radius 2 is 2.00 bits per heavy atom. The summed E-state index contributed by atoms with van der Waals surface area (Å²) in [6.45, 7) is 3.87. The predicted octanol–water partition coefficient (Wildman–Crippen LogP) is 2.72. The lowest BCUT2D eigenvalue weighted by Gasteiger charge is -2.09. The first kappa shape index (κ1) is 13.0. The van der Waals surface area contributed by atoms with Gasteiger partial charge in [0, 0.05) is 12.1 Å². The van der Waals surface area contributed by atoms with E-state index in [1.165, 1.54) is 6.07 Å². The van der Waals surface area contributed by atoms with E-state index in [2.05, 4.69) is 21.6 Å². The molecule has 4 nitrogen and oxygen atoms in total. The molecule has 1 heterocycles. The second-order valence-electron chi connectivity index (χ2n) is 4.19. The number of aryl methyl sites for hydroxylation is 1. The normalized spacial score (nSPS) is 10.0. The average Bonchev–Trinajstić information content (AvgIpc) is 2.41. The zero-order valence-electron chi connectivity index (χ0n) is 10.7. The van der Waals surface area contributed by atoms with Gasteiger partial charge in [-0.1, -0.05) is 18.2 Å². The average molecular weight is 256 g/mol. The van der Waals surface area contributed by atoms with Crippen LogP contribution in [0.1, 0.15) is 22.4 Å². The first-order chi connectivity index (χ1) is 9.13. The van der Waals surface area contributed by atoms with Crippen molar-refractivity contribution in [2.24, 2.45) is 0 Å². The Balaban J connectivity index is 2.24. The molecule has 0 spiro atoms. The Morgan fingerprint density at radius 1 is 1.26 bits per heavy atom. The zero-order valence-corrected chi connectivity index (χ0v) is 10.7. The van der Waals surface area contributed by atoms with Gasteiger partial charge in [0.2, 0.25) is 0 Å². The monoisotopic (exact) mass is 256 g/mol. The smallest absolute Gasteiger partial charge is 0.167 e. The Labute approximate surface area is 110 Å². The highest BCUT2D eigenvalue weighted by Gasteiger charge is 2.11. The van der Waals surface area contributed by atoms with E-state index >= 15 is 0 Å². The van der Waals surface area contributed by atoms with Gasteiger partial charge in [-0.3, -0.25) is 0 Å². The van der Waals surface area contributed by atoms with Gasteiger partial charge in [-0.25, -0.2) is 4.39 Å². The molecule has 2 rings (SSSR count). The van der Waals surface area contributed by atoms with Gasteiger partial charge in [-0.2, -0.15) is 10.4 Å². The molecule has 0 saturated heterocycles. The molecule has 1 N–H and O–H groups in total. The summed E-state index contributed by atoms with van der Waals surface area (Å²) in [7, 11) is 0. The van der Waals surface area contributed by atoms with Crippen molar-refractivity contribution in [1.82, 2.24) is 10.2 Å². The number of rotatable bonds is 3. The summed E-state index contributed by atoms with van der Waals surface area (Å²) in [4.78, 5) is 0. The molecule has 0 fully saturated rings. The van der Waals surface area contributed by atoms with Crippen LogP contribution in [0.5, 0.6) is 0 Å². The number of halogens is 1. The zero-order chi connectivity index (χ0) is 13.8. The first-order valence-electron chi connectivity index (χ1n) is 5.84. The lowest BCUT2D eigenvalue weighted by atomic mass is 10.1. The van der Waals surface area contributed by atoms with Crippen molar-refractivity contribution in [1.29, 1.82) is 5.26 Å². The minimum absolute atomic E-state index is 0.262. The molecule has 5 heteroatoms. The summed E-state index contributed by atoms with van der Waals surface area (Å²) in [6.07, 6.45) is 0. The van der Waals surface area contributed by atoms with Gasteiger partial charge in [0.15, 0.2) is 5.82 Å². The highest BCUT2D eigenvalue weighted by atomic mass is 19.1. The molecule has 1 aromatic heterocycles. The van der Waals surface area contributed by atoms with E-state index < -0.39 is 0 Å². The molecule has 0 unspecified atom stereocenters. The summed E-state index contributed by atoms with van der Waals surface area (Å²) in [5, 5.41) is 20.0. The van der Waals surface area contributed by atoms with Crippen LogP contribution in [-0.2, 0) is 6.54 Å². The maximum absolute atomic E-state index is 13.5. The lowest BCUT2D eigenvalue weighted by Crippen LogP contribution is -2.08. The van der Waals surface area contributed by atoms with Crippen LogP contribution in [0.3, 0.4) is 0 Å². The fourth-order valence-electron chi connectivity index (χ4n) is 1.69. The number of anilines is 1. The van der Waals surface area contributed by atoms with Gasteiger partial charge in [0.05, 0.1) is 5.69 Å². The third-order valence-electron chi connectivity index (χ3n) is 2.97. The van der Waals surface area contributed by atoms with Gasteiger partial charge in [-0.15, -0.1) is 5.10 Å². The molecular formula is C14H13FN4. The van der Waals surface area contributed by atoms with Crippen LogP contribution < -0.4 is 5.32 Å². The summed E-state index contributed by atoms with van der Waals surface area (Å²) in [5.74, 6) is 0.0964. The molecule has 19 heavy (non-hydrogen) atoms. The number of hydrogen-bond donors (Lipinski definition) is 1. The van der Waals surface area contributed by atoms with Crippen LogP contribution in [0.15, 0.2) is 24.3 Å². The van der Waals surface area contributed by atoms with Gasteiger partial charge in [-0.05, 0) is 25.5 Å². The first-order valence-corrected chi connectivity index (χ1v) is 5.84. The Morgan fingerprint density at radius 3 is 2.68 bits per heavy atom. The van der Waals surface area contributed by atoms with Gasteiger partial charge >= 0.3 is 0 Å². The second-order valence-corrected chi connectivity index (χ2v) is 4.19. The molecule has 96 valence electrons. The third kappa shape index (κ3) is 2.68. The number of hydrogen-bond acceptors (Lipinski definition) is 4. The molecule has 2 aromatic rings. The maximum atomic E-state index is 13.5. The van der Waals surface area contributed by atoms with Crippen molar-refractivity contribution in [3.8, 4) is 6.07 Å². The van der Waals surface area contributed by atoms with Crippen molar-refractivity contribution < 1.29 is 4.39 Å². The van der Waals surface area contributed by atoms with Crippen LogP contribution >= 0.6 is 0 Å². The summed E-state index contributed by atoms with van der Waals surface area (Å²) >= 11 is 0. The van der Waals surface area contributed by atoms with Crippen LogP contribution in [0.2, 0.25) is 0 Å². The Hall–Kier alpha value is -2.48. The van der Waals surface area contributed by atoms with Crippen molar-refractivity contribution in [3.63, 3.8) is 0 Å². The van der Waals surface area contributed by atoms with E-state index in [-0.39, 0.29) is 12.4 Å². The molecule has 0 atom stereocenters. The largest absolute Gasteiger partial charge is 0.363 e. The predicted molar refractivity (Wildman–Crippen MR) is 69.9 cm³/mol. The summed E-state index contributed by atoms with van der Waals surface area (Å²) < 4.78 is 13.5. The fourth-order valence-corrected chi connectivity index (χ4v) is 1.69. The standard InChI is InChI=1S/C14H13FN4/c1-9-10(2)18-19-14(12(9)7-16)17-8-11-5-3-4-6-13(11)15/h3-6H,8H2,1-2H3,(H,17,19). The van der Waals surface area contributed by atoms with Gasteiger partial charge in [0.1, 0.15) is 17.4 Å². The van der Waals surface area contributed by atoms with E-state index in [1.807, 2.05) is 6.92 Å². The third-order valence-corrected chi connectivity index (χ3v) is 2.97. The minimum Gasteiger partial charge on any atom is -0.363 e. The molecule has 0 aliphatic heterocycles. The van der Waals surface area contributed by atoms with Crippen LogP contribution in [0, 0.1) is 31.0 Å². The SMILES string of the molecule is Cc1nnc(NCc2ccccc2F)c(C#N)c1C. The van der Waals surface area contributed by atoms with Crippen LogP contribution in [0.4, 0.5) is 10.2 Å². The summed E-state index contributed by atoms with van der Waals surface area (Å²) in [6, 6.07) is 8.57. The molecule has 1 aromatic carbocycles. The summed E-state index contributed by atoms with van der Waals surface area (Å²) in [5.41, 5.74) is 2.47.